The summed E-state index contributed by atoms with van der Waals surface area (Å²) in [5, 5.41) is 13.8. The first-order chi connectivity index (χ1) is 16.1. The number of carbonyl (C=O) groups excluding carboxylic acids is 2. The smallest absolute Gasteiger partial charge is 0.271 e. The van der Waals surface area contributed by atoms with Crippen molar-refractivity contribution in [2.45, 2.75) is 25.9 Å². The molecule has 0 unspecified atom stereocenters. The van der Waals surface area contributed by atoms with E-state index in [0.717, 1.165) is 40.7 Å². The summed E-state index contributed by atoms with van der Waals surface area (Å²) in [5.41, 5.74) is 1.34. The van der Waals surface area contributed by atoms with Crippen molar-refractivity contribution < 1.29 is 27.7 Å². The molecule has 11 nitrogen and oxygen atoms in total. The van der Waals surface area contributed by atoms with Gasteiger partial charge in [-0.2, -0.15) is 0 Å². The molecule has 0 saturated carbocycles. The first kappa shape index (κ1) is 25.0. The lowest BCUT2D eigenvalue weighted by Crippen LogP contribution is -2.40. The van der Waals surface area contributed by atoms with E-state index in [-0.39, 0.29) is 29.6 Å². The highest BCUT2D eigenvalue weighted by atomic mass is 32.2. The van der Waals surface area contributed by atoms with Gasteiger partial charge in [-0.05, 0) is 23.6 Å². The van der Waals surface area contributed by atoms with Crippen molar-refractivity contribution in [1.82, 2.24) is 10.2 Å². The van der Waals surface area contributed by atoms with Crippen molar-refractivity contribution >= 4 is 33.2 Å². The molecule has 0 aromatic heterocycles. The van der Waals surface area contributed by atoms with Gasteiger partial charge in [0.05, 0.1) is 18.3 Å². The molecule has 2 aromatic carbocycles. The Bertz CT molecular complexity index is 1180. The van der Waals surface area contributed by atoms with Crippen LogP contribution in [0.4, 0.5) is 11.4 Å². The molecule has 1 saturated heterocycles. The van der Waals surface area contributed by atoms with E-state index in [9.17, 15) is 28.1 Å². The molecule has 34 heavy (non-hydrogen) atoms. The van der Waals surface area contributed by atoms with Gasteiger partial charge in [-0.25, -0.2) is 8.42 Å². The summed E-state index contributed by atoms with van der Waals surface area (Å²) in [6, 6.07) is 10.9. The molecule has 1 heterocycles. The van der Waals surface area contributed by atoms with Gasteiger partial charge in [0.2, 0.25) is 21.8 Å². The van der Waals surface area contributed by atoms with Gasteiger partial charge in [-0.3, -0.25) is 24.0 Å². The van der Waals surface area contributed by atoms with Crippen LogP contribution in [0, 0.1) is 10.1 Å². The van der Waals surface area contributed by atoms with Crippen LogP contribution in [-0.2, 0) is 32.7 Å². The Morgan fingerprint density at radius 2 is 1.88 bits per heavy atom. The minimum Gasteiger partial charge on any atom is -0.495 e. The SMILES string of the molecule is COc1ccc([N+](=O)[O-])cc1N(CC(=O)NCc1ccc(CN2CCCC2=O)cc1)S(C)(=O)=O. The van der Waals surface area contributed by atoms with Crippen molar-refractivity contribution in [2.24, 2.45) is 0 Å². The zero-order chi connectivity index (χ0) is 24.9. The third-order valence-electron chi connectivity index (χ3n) is 5.39. The Labute approximate surface area is 197 Å². The maximum atomic E-state index is 12.6. The number of nitro groups is 1. The number of non-ortho nitro benzene ring substituents is 1. The summed E-state index contributed by atoms with van der Waals surface area (Å²) < 4.78 is 30.7. The first-order valence-electron chi connectivity index (χ1n) is 10.5. The maximum Gasteiger partial charge on any atom is 0.271 e. The van der Waals surface area contributed by atoms with Crippen LogP contribution in [0.15, 0.2) is 42.5 Å². The second kappa shape index (κ2) is 10.5. The summed E-state index contributed by atoms with van der Waals surface area (Å²) >= 11 is 0. The predicted octanol–water partition coefficient (Wildman–Crippen LogP) is 1.81. The monoisotopic (exact) mass is 490 g/mol. The lowest BCUT2D eigenvalue weighted by molar-refractivity contribution is -0.384. The zero-order valence-electron chi connectivity index (χ0n) is 18.9. The number of amides is 2. The number of nitro benzene ring substituents is 1. The average molecular weight is 491 g/mol. The number of nitrogens with one attached hydrogen (secondary N) is 1. The highest BCUT2D eigenvalue weighted by Gasteiger charge is 2.26. The van der Waals surface area contributed by atoms with E-state index < -0.39 is 27.4 Å². The minimum atomic E-state index is -3.96. The molecular formula is C22H26N4O7S. The van der Waals surface area contributed by atoms with Gasteiger partial charge in [-0.1, -0.05) is 24.3 Å². The Morgan fingerprint density at radius 3 is 2.44 bits per heavy atom. The van der Waals surface area contributed by atoms with Gasteiger partial charge in [0.15, 0.2) is 0 Å². The highest BCUT2D eigenvalue weighted by Crippen LogP contribution is 2.33. The average Bonchev–Trinajstić information content (AvgIpc) is 3.20. The quantitative estimate of drug-likeness (QED) is 0.396. The molecule has 1 aliphatic rings. The standard InChI is InChI=1S/C22H26N4O7S/c1-33-20-10-9-18(26(29)30)12-19(20)25(34(2,31)32)15-21(27)23-13-16-5-7-17(8-6-16)14-24-11-3-4-22(24)28/h5-10,12H,3-4,11,13-15H2,1-2H3,(H,23,27). The molecule has 2 amide bonds. The molecule has 0 bridgehead atoms. The molecule has 1 aliphatic heterocycles. The van der Waals surface area contributed by atoms with Gasteiger partial charge < -0.3 is 15.0 Å². The molecular weight excluding hydrogens is 464 g/mol. The number of hydrogen-bond donors (Lipinski definition) is 1. The molecule has 3 rings (SSSR count). The maximum absolute atomic E-state index is 12.6. The first-order valence-corrected chi connectivity index (χ1v) is 12.4. The Kier molecular flexibility index (Phi) is 7.72. The third kappa shape index (κ3) is 6.22. The number of benzene rings is 2. The second-order valence-electron chi connectivity index (χ2n) is 7.89. The Balaban J connectivity index is 1.66. The van der Waals surface area contributed by atoms with Crippen molar-refractivity contribution in [3.63, 3.8) is 0 Å². The topological polar surface area (TPSA) is 139 Å². The molecule has 182 valence electrons. The van der Waals surface area contributed by atoms with Crippen LogP contribution >= 0.6 is 0 Å². The molecule has 2 aromatic rings. The number of likely N-dealkylation sites (tertiary alicyclic amines) is 1. The van der Waals surface area contributed by atoms with Crippen LogP contribution in [0.3, 0.4) is 0 Å². The molecule has 12 heteroatoms. The number of rotatable bonds is 10. The number of carbonyl (C=O) groups is 2. The lowest BCUT2D eigenvalue weighted by atomic mass is 10.1. The van der Waals surface area contributed by atoms with E-state index >= 15 is 0 Å². The fraction of sp³-hybridized carbons (Fsp3) is 0.364. The summed E-state index contributed by atoms with van der Waals surface area (Å²) in [4.78, 5) is 36.6. The van der Waals surface area contributed by atoms with E-state index in [1.807, 2.05) is 24.3 Å². The summed E-state index contributed by atoms with van der Waals surface area (Å²) in [6.07, 6.45) is 2.36. The number of ether oxygens (including phenoxy) is 1. The Morgan fingerprint density at radius 1 is 1.21 bits per heavy atom. The van der Waals surface area contributed by atoms with Crippen molar-refractivity contribution in [2.75, 3.05) is 30.8 Å². The zero-order valence-corrected chi connectivity index (χ0v) is 19.7. The summed E-state index contributed by atoms with van der Waals surface area (Å²) in [5.74, 6) is -0.367. The lowest BCUT2D eigenvalue weighted by Gasteiger charge is -2.23. The van der Waals surface area contributed by atoms with Gasteiger partial charge >= 0.3 is 0 Å². The van der Waals surface area contributed by atoms with Crippen LogP contribution in [0.2, 0.25) is 0 Å². The van der Waals surface area contributed by atoms with E-state index in [2.05, 4.69) is 5.32 Å². The van der Waals surface area contributed by atoms with Crippen LogP contribution in [0.5, 0.6) is 5.75 Å². The molecule has 0 atom stereocenters. The Hall–Kier alpha value is -3.67. The number of anilines is 1. The predicted molar refractivity (Wildman–Crippen MR) is 125 cm³/mol. The molecule has 1 N–H and O–H groups in total. The van der Waals surface area contributed by atoms with Gasteiger partial charge in [0.25, 0.3) is 5.69 Å². The van der Waals surface area contributed by atoms with E-state index in [0.29, 0.717) is 13.0 Å². The van der Waals surface area contributed by atoms with Crippen LogP contribution in [0.25, 0.3) is 0 Å². The molecule has 1 fully saturated rings. The van der Waals surface area contributed by atoms with E-state index in [4.69, 9.17) is 4.74 Å². The minimum absolute atomic E-state index is 0.0795. The third-order valence-corrected chi connectivity index (χ3v) is 6.51. The number of sulfonamides is 1. The van der Waals surface area contributed by atoms with Gasteiger partial charge in [0, 0.05) is 38.2 Å². The van der Waals surface area contributed by atoms with Crippen molar-refractivity contribution in [3.8, 4) is 5.75 Å². The number of hydrogen-bond acceptors (Lipinski definition) is 7. The fourth-order valence-electron chi connectivity index (χ4n) is 3.61. The molecule has 0 radical (unpaired) electrons. The normalized spacial score (nSPS) is 13.6. The van der Waals surface area contributed by atoms with Crippen LogP contribution in [0.1, 0.15) is 24.0 Å². The van der Waals surface area contributed by atoms with Gasteiger partial charge in [-0.15, -0.1) is 0 Å². The molecule has 0 spiro atoms. The largest absolute Gasteiger partial charge is 0.495 e. The van der Waals surface area contributed by atoms with Crippen LogP contribution in [-0.4, -0.2) is 56.5 Å². The summed E-state index contributed by atoms with van der Waals surface area (Å²) in [7, 11) is -2.65. The number of nitrogens with zero attached hydrogens (tertiary/aromatic N) is 3. The van der Waals surface area contributed by atoms with E-state index in [1.165, 1.54) is 19.2 Å². The number of methoxy groups -OCH3 is 1. The second-order valence-corrected chi connectivity index (χ2v) is 9.80. The molecule has 0 aliphatic carbocycles. The fourth-order valence-corrected chi connectivity index (χ4v) is 4.46. The van der Waals surface area contributed by atoms with Crippen molar-refractivity contribution in [1.29, 1.82) is 0 Å². The highest BCUT2D eigenvalue weighted by molar-refractivity contribution is 7.92. The van der Waals surface area contributed by atoms with Gasteiger partial charge in [0.1, 0.15) is 18.0 Å². The van der Waals surface area contributed by atoms with Crippen LogP contribution < -0.4 is 14.4 Å². The van der Waals surface area contributed by atoms with E-state index in [1.54, 1.807) is 4.90 Å². The van der Waals surface area contributed by atoms with Crippen molar-refractivity contribution in [3.05, 3.63) is 63.7 Å². The summed E-state index contributed by atoms with van der Waals surface area (Å²) in [6.45, 7) is 0.875.